The molecule has 2 aliphatic rings. The number of benzene rings is 3. The third-order valence-electron chi connectivity index (χ3n) is 6.90. The van der Waals surface area contributed by atoms with Crippen LogP contribution in [0.4, 0.5) is 0 Å². The molecule has 0 amide bonds. The zero-order chi connectivity index (χ0) is 25.7. The monoisotopic (exact) mass is 492 g/mol. The topological polar surface area (TPSA) is 51.0 Å². The molecule has 0 radical (unpaired) electrons. The van der Waals surface area contributed by atoms with Crippen LogP contribution in [-0.4, -0.2) is 21.2 Å². The van der Waals surface area contributed by atoms with Crippen molar-refractivity contribution < 1.29 is 0 Å². The Morgan fingerprint density at radius 2 is 1.61 bits per heavy atom. The largest absolute Gasteiger partial charge is 0.264 e. The molecule has 3 aromatic carbocycles. The highest BCUT2D eigenvalue weighted by atomic mass is 15.0. The summed E-state index contributed by atoms with van der Waals surface area (Å²) in [4.78, 5) is 19.5. The first-order valence-electron chi connectivity index (χ1n) is 13.0. The van der Waals surface area contributed by atoms with Crippen LogP contribution in [0.15, 0.2) is 114 Å². The molecular formula is C34H28N4. The number of aliphatic imine (C=N–C) groups is 1. The Morgan fingerprint density at radius 3 is 2.45 bits per heavy atom. The van der Waals surface area contributed by atoms with Gasteiger partial charge in [0.1, 0.15) is 0 Å². The summed E-state index contributed by atoms with van der Waals surface area (Å²) in [7, 11) is 0. The van der Waals surface area contributed by atoms with E-state index in [-0.39, 0.29) is 0 Å². The van der Waals surface area contributed by atoms with Gasteiger partial charge in [0, 0.05) is 23.5 Å². The van der Waals surface area contributed by atoms with E-state index in [1.54, 1.807) is 0 Å². The molecule has 0 saturated carbocycles. The first-order chi connectivity index (χ1) is 18.8. The predicted octanol–water partition coefficient (Wildman–Crippen LogP) is 8.02. The molecule has 0 N–H and O–H groups in total. The summed E-state index contributed by atoms with van der Waals surface area (Å²) in [6.45, 7) is 1.99. The van der Waals surface area contributed by atoms with Gasteiger partial charge in [-0.05, 0) is 65.7 Å². The van der Waals surface area contributed by atoms with E-state index >= 15 is 0 Å². The van der Waals surface area contributed by atoms with Crippen LogP contribution in [0.5, 0.6) is 0 Å². The molecule has 0 aliphatic heterocycles. The van der Waals surface area contributed by atoms with E-state index in [0.29, 0.717) is 11.6 Å². The van der Waals surface area contributed by atoms with Crippen LogP contribution >= 0.6 is 0 Å². The molecule has 38 heavy (non-hydrogen) atoms. The van der Waals surface area contributed by atoms with Gasteiger partial charge in [0.25, 0.3) is 0 Å². The molecule has 0 saturated heterocycles. The van der Waals surface area contributed by atoms with Gasteiger partial charge in [-0.15, -0.1) is 0 Å². The fraction of sp³-hybridized carbons (Fsp3) is 0.118. The SMILES string of the molecule is C/C=C\C=C/N=Cc1cccc2c1Cc1cccc(-c3nc(C4=CC=CCC4)nc(-c4ccccc4)n3)c1-2. The van der Waals surface area contributed by atoms with Crippen molar-refractivity contribution in [1.29, 1.82) is 0 Å². The number of rotatable bonds is 6. The average molecular weight is 493 g/mol. The molecule has 0 bridgehead atoms. The number of fused-ring (bicyclic) bond motifs is 3. The summed E-state index contributed by atoms with van der Waals surface area (Å²) in [6.07, 6.45) is 18.8. The number of hydrogen-bond donors (Lipinski definition) is 0. The Kier molecular flexibility index (Phi) is 6.69. The van der Waals surface area contributed by atoms with Crippen LogP contribution in [-0.2, 0) is 6.42 Å². The van der Waals surface area contributed by atoms with Gasteiger partial charge in [-0.25, -0.2) is 15.0 Å². The summed E-state index contributed by atoms with van der Waals surface area (Å²) >= 11 is 0. The molecule has 0 spiro atoms. The quantitative estimate of drug-likeness (QED) is 0.178. The lowest BCUT2D eigenvalue weighted by Crippen LogP contribution is -2.04. The lowest BCUT2D eigenvalue weighted by Gasteiger charge is -2.14. The van der Waals surface area contributed by atoms with Crippen molar-refractivity contribution >= 4 is 11.8 Å². The Labute approximate surface area is 223 Å². The van der Waals surface area contributed by atoms with E-state index in [0.717, 1.165) is 47.4 Å². The van der Waals surface area contributed by atoms with Crippen LogP contribution in [0, 0.1) is 0 Å². The molecule has 0 fully saturated rings. The fourth-order valence-corrected chi connectivity index (χ4v) is 5.08. The van der Waals surface area contributed by atoms with E-state index in [9.17, 15) is 0 Å². The molecule has 2 aliphatic carbocycles. The second-order valence-electron chi connectivity index (χ2n) is 9.37. The highest BCUT2D eigenvalue weighted by Crippen LogP contribution is 2.43. The van der Waals surface area contributed by atoms with Crippen LogP contribution in [0.1, 0.15) is 42.3 Å². The lowest BCUT2D eigenvalue weighted by atomic mass is 9.97. The summed E-state index contributed by atoms with van der Waals surface area (Å²) in [5, 5.41) is 0. The molecule has 4 heteroatoms. The number of allylic oxidation sites excluding steroid dienone is 7. The maximum atomic E-state index is 5.04. The van der Waals surface area contributed by atoms with Gasteiger partial charge < -0.3 is 0 Å². The lowest BCUT2D eigenvalue weighted by molar-refractivity contribution is 0.978. The maximum absolute atomic E-state index is 5.04. The molecule has 4 nitrogen and oxygen atoms in total. The van der Waals surface area contributed by atoms with E-state index in [1.807, 2.05) is 55.8 Å². The minimum Gasteiger partial charge on any atom is -0.264 e. The highest BCUT2D eigenvalue weighted by Gasteiger charge is 2.25. The van der Waals surface area contributed by atoms with E-state index in [1.165, 1.54) is 22.3 Å². The van der Waals surface area contributed by atoms with Gasteiger partial charge >= 0.3 is 0 Å². The predicted molar refractivity (Wildman–Crippen MR) is 157 cm³/mol. The van der Waals surface area contributed by atoms with Crippen LogP contribution in [0.2, 0.25) is 0 Å². The highest BCUT2D eigenvalue weighted by molar-refractivity contribution is 5.94. The Hall–Kier alpha value is -4.70. The average Bonchev–Trinajstić information content (AvgIpc) is 3.37. The van der Waals surface area contributed by atoms with Gasteiger partial charge in [-0.1, -0.05) is 97.1 Å². The minimum absolute atomic E-state index is 0.700. The first-order valence-corrected chi connectivity index (χ1v) is 13.0. The van der Waals surface area contributed by atoms with Gasteiger partial charge in [0.2, 0.25) is 0 Å². The molecule has 1 aromatic heterocycles. The van der Waals surface area contributed by atoms with Crippen molar-refractivity contribution in [3.63, 3.8) is 0 Å². The van der Waals surface area contributed by atoms with Gasteiger partial charge in [-0.2, -0.15) is 0 Å². The third kappa shape index (κ3) is 4.69. The van der Waals surface area contributed by atoms with Crippen molar-refractivity contribution in [2.24, 2.45) is 4.99 Å². The third-order valence-corrected chi connectivity index (χ3v) is 6.90. The Morgan fingerprint density at radius 1 is 0.789 bits per heavy atom. The zero-order valence-electron chi connectivity index (χ0n) is 21.4. The number of nitrogens with zero attached hydrogens (tertiary/aromatic N) is 4. The second-order valence-corrected chi connectivity index (χ2v) is 9.37. The second kappa shape index (κ2) is 10.7. The first kappa shape index (κ1) is 23.7. The number of hydrogen-bond acceptors (Lipinski definition) is 4. The van der Waals surface area contributed by atoms with Crippen molar-refractivity contribution in [3.8, 4) is 33.9 Å². The van der Waals surface area contributed by atoms with Gasteiger partial charge in [-0.3, -0.25) is 4.99 Å². The summed E-state index contributed by atoms with van der Waals surface area (Å²) in [5.74, 6) is 2.16. The molecule has 1 heterocycles. The normalized spacial score (nSPS) is 14.4. The smallest absolute Gasteiger partial charge is 0.164 e. The molecule has 6 rings (SSSR count). The van der Waals surface area contributed by atoms with Crippen LogP contribution in [0.25, 0.3) is 39.5 Å². The minimum atomic E-state index is 0.700. The maximum Gasteiger partial charge on any atom is 0.164 e. The fourth-order valence-electron chi connectivity index (χ4n) is 5.08. The van der Waals surface area contributed by atoms with Crippen molar-refractivity contribution in [3.05, 3.63) is 132 Å². The number of aromatic nitrogens is 3. The molecule has 184 valence electrons. The van der Waals surface area contributed by atoms with E-state index < -0.39 is 0 Å². The summed E-state index contributed by atoms with van der Waals surface area (Å²) in [5.41, 5.74) is 9.30. The zero-order valence-corrected chi connectivity index (χ0v) is 21.4. The van der Waals surface area contributed by atoms with Crippen molar-refractivity contribution in [2.45, 2.75) is 26.2 Å². The molecular weight excluding hydrogens is 464 g/mol. The van der Waals surface area contributed by atoms with Crippen molar-refractivity contribution in [1.82, 2.24) is 15.0 Å². The van der Waals surface area contributed by atoms with Crippen LogP contribution < -0.4 is 0 Å². The summed E-state index contributed by atoms with van der Waals surface area (Å²) in [6, 6.07) is 23.1. The standard InChI is InChI=1S/C34H28N4/c1-2-3-10-21-35-23-27-18-12-19-28-30(27)22-26-17-11-20-29(31(26)28)34-37-32(24-13-6-4-7-14-24)36-33(38-34)25-15-8-5-9-16-25/h2-8,10-15,17-21,23H,9,16,22H2,1H3/b3-2-,21-10-,35-23?. The Bertz CT molecular complexity index is 1640. The summed E-state index contributed by atoms with van der Waals surface area (Å²) < 4.78 is 0. The molecule has 0 unspecified atom stereocenters. The van der Waals surface area contributed by atoms with Gasteiger partial charge in [0.05, 0.1) is 0 Å². The van der Waals surface area contributed by atoms with Crippen LogP contribution in [0.3, 0.4) is 0 Å². The molecule has 4 aromatic rings. The van der Waals surface area contributed by atoms with Gasteiger partial charge in [0.15, 0.2) is 17.5 Å². The van der Waals surface area contributed by atoms with E-state index in [2.05, 4.69) is 71.8 Å². The van der Waals surface area contributed by atoms with Crippen molar-refractivity contribution in [2.75, 3.05) is 0 Å². The molecule has 0 atom stereocenters. The van der Waals surface area contributed by atoms with E-state index in [4.69, 9.17) is 15.0 Å². The Balaban J connectivity index is 1.48.